The molecule has 1 saturated heterocycles. The van der Waals surface area contributed by atoms with Crippen LogP contribution in [-0.2, 0) is 0 Å². The fourth-order valence-corrected chi connectivity index (χ4v) is 2.23. The lowest BCUT2D eigenvalue weighted by atomic mass is 9.97. The Morgan fingerprint density at radius 2 is 1.76 bits per heavy atom. The van der Waals surface area contributed by atoms with Gasteiger partial charge < -0.3 is 15.7 Å². The summed E-state index contributed by atoms with van der Waals surface area (Å²) >= 11 is 0. The summed E-state index contributed by atoms with van der Waals surface area (Å²) in [5.41, 5.74) is 5.46. The van der Waals surface area contributed by atoms with Crippen LogP contribution in [0.1, 0.15) is 12.8 Å². The number of benzene rings is 1. The molecular weight excluding hydrogens is 226 g/mol. The van der Waals surface area contributed by atoms with Crippen LogP contribution in [-0.4, -0.2) is 24.8 Å². The monoisotopic (exact) mass is 242 g/mol. The third-order valence-corrected chi connectivity index (χ3v) is 3.23. The summed E-state index contributed by atoms with van der Waals surface area (Å²) < 4.78 is 27.3. The highest BCUT2D eigenvalue weighted by atomic mass is 19.1. The van der Waals surface area contributed by atoms with Crippen LogP contribution in [0.5, 0.6) is 0 Å². The molecule has 1 aromatic carbocycles. The molecule has 1 aliphatic heterocycles. The predicted molar refractivity (Wildman–Crippen MR) is 62.8 cm³/mol. The zero-order valence-corrected chi connectivity index (χ0v) is 9.50. The van der Waals surface area contributed by atoms with Crippen LogP contribution >= 0.6 is 0 Å². The highest BCUT2D eigenvalue weighted by molar-refractivity contribution is 5.56. The van der Waals surface area contributed by atoms with Crippen molar-refractivity contribution in [2.24, 2.45) is 5.92 Å². The van der Waals surface area contributed by atoms with Gasteiger partial charge in [-0.05, 0) is 30.9 Å². The van der Waals surface area contributed by atoms with Crippen LogP contribution in [0, 0.1) is 17.6 Å². The standard InChI is InChI=1S/C12H16F2N2O/c13-10-5-9(15)6-11(14)12(10)16-3-1-8(7-17)2-4-16/h5-6,8,17H,1-4,7,15H2. The minimum atomic E-state index is -0.620. The smallest absolute Gasteiger partial charge is 0.151 e. The van der Waals surface area contributed by atoms with E-state index in [2.05, 4.69) is 0 Å². The van der Waals surface area contributed by atoms with Crippen LogP contribution < -0.4 is 10.6 Å². The van der Waals surface area contributed by atoms with Gasteiger partial charge in [-0.25, -0.2) is 8.78 Å². The van der Waals surface area contributed by atoms with Crippen LogP contribution in [0.3, 0.4) is 0 Å². The summed E-state index contributed by atoms with van der Waals surface area (Å²) in [6.07, 6.45) is 1.50. The first kappa shape index (κ1) is 12.1. The van der Waals surface area contributed by atoms with E-state index in [1.807, 2.05) is 0 Å². The van der Waals surface area contributed by atoms with E-state index >= 15 is 0 Å². The van der Waals surface area contributed by atoms with Gasteiger partial charge in [-0.1, -0.05) is 0 Å². The van der Waals surface area contributed by atoms with E-state index in [0.29, 0.717) is 13.1 Å². The van der Waals surface area contributed by atoms with Crippen molar-refractivity contribution in [2.45, 2.75) is 12.8 Å². The molecule has 0 aromatic heterocycles. The van der Waals surface area contributed by atoms with Gasteiger partial charge in [0.15, 0.2) is 11.6 Å². The fourth-order valence-electron chi connectivity index (χ4n) is 2.23. The van der Waals surface area contributed by atoms with Gasteiger partial charge >= 0.3 is 0 Å². The number of hydrogen-bond acceptors (Lipinski definition) is 3. The third-order valence-electron chi connectivity index (χ3n) is 3.23. The number of aliphatic hydroxyl groups is 1. The summed E-state index contributed by atoms with van der Waals surface area (Å²) in [5, 5.41) is 9.01. The number of aliphatic hydroxyl groups excluding tert-OH is 1. The van der Waals surface area contributed by atoms with Crippen molar-refractivity contribution in [1.82, 2.24) is 0 Å². The Morgan fingerprint density at radius 3 is 2.24 bits per heavy atom. The normalized spacial score (nSPS) is 17.5. The molecule has 1 aromatic rings. The van der Waals surface area contributed by atoms with E-state index in [4.69, 9.17) is 10.8 Å². The van der Waals surface area contributed by atoms with Gasteiger partial charge in [0, 0.05) is 25.4 Å². The number of halogens is 2. The van der Waals surface area contributed by atoms with Gasteiger partial charge in [-0.3, -0.25) is 0 Å². The molecule has 3 nitrogen and oxygen atoms in total. The average molecular weight is 242 g/mol. The Kier molecular flexibility index (Phi) is 3.47. The molecule has 0 unspecified atom stereocenters. The molecule has 1 fully saturated rings. The van der Waals surface area contributed by atoms with Gasteiger partial charge in [-0.2, -0.15) is 0 Å². The minimum absolute atomic E-state index is 0.00408. The minimum Gasteiger partial charge on any atom is -0.399 e. The quantitative estimate of drug-likeness (QED) is 0.777. The largest absolute Gasteiger partial charge is 0.399 e. The fraction of sp³-hybridized carbons (Fsp3) is 0.500. The molecule has 2 rings (SSSR count). The molecule has 1 heterocycles. The van der Waals surface area contributed by atoms with Gasteiger partial charge in [0.05, 0.1) is 0 Å². The van der Waals surface area contributed by atoms with Gasteiger partial charge in [-0.15, -0.1) is 0 Å². The first-order valence-corrected chi connectivity index (χ1v) is 5.72. The number of rotatable bonds is 2. The first-order chi connectivity index (χ1) is 8.11. The molecule has 0 spiro atoms. The molecule has 0 bridgehead atoms. The second-order valence-electron chi connectivity index (χ2n) is 4.45. The van der Waals surface area contributed by atoms with Crippen molar-refractivity contribution in [3.63, 3.8) is 0 Å². The Hall–Kier alpha value is -1.36. The van der Waals surface area contributed by atoms with Crippen molar-refractivity contribution in [3.8, 4) is 0 Å². The second kappa shape index (κ2) is 4.87. The van der Waals surface area contributed by atoms with Crippen molar-refractivity contribution in [1.29, 1.82) is 0 Å². The van der Waals surface area contributed by atoms with E-state index in [0.717, 1.165) is 25.0 Å². The van der Waals surface area contributed by atoms with Crippen LogP contribution in [0.25, 0.3) is 0 Å². The Labute approximate surface area is 98.8 Å². The van der Waals surface area contributed by atoms with E-state index in [1.54, 1.807) is 4.90 Å². The highest BCUT2D eigenvalue weighted by Gasteiger charge is 2.23. The van der Waals surface area contributed by atoms with Gasteiger partial charge in [0.2, 0.25) is 0 Å². The Bertz CT molecular complexity index is 380. The maximum atomic E-state index is 13.7. The maximum absolute atomic E-state index is 13.7. The van der Waals surface area contributed by atoms with Gasteiger partial charge in [0.1, 0.15) is 5.69 Å². The lowest BCUT2D eigenvalue weighted by Crippen LogP contribution is -2.35. The number of nitrogens with two attached hydrogens (primary N) is 1. The van der Waals surface area contributed by atoms with Crippen LogP contribution in [0.2, 0.25) is 0 Å². The number of nitrogens with zero attached hydrogens (tertiary/aromatic N) is 1. The summed E-state index contributed by atoms with van der Waals surface area (Å²) in [4.78, 5) is 1.68. The average Bonchev–Trinajstić information content (AvgIpc) is 2.28. The van der Waals surface area contributed by atoms with Crippen molar-refractivity contribution >= 4 is 11.4 Å². The lowest BCUT2D eigenvalue weighted by molar-refractivity contribution is 0.202. The Morgan fingerprint density at radius 1 is 1.24 bits per heavy atom. The van der Waals surface area contributed by atoms with Crippen molar-refractivity contribution < 1.29 is 13.9 Å². The zero-order valence-electron chi connectivity index (χ0n) is 9.50. The number of piperidine rings is 1. The molecule has 0 radical (unpaired) electrons. The predicted octanol–water partition coefficient (Wildman–Crippen LogP) is 1.76. The number of anilines is 2. The molecule has 5 heteroatoms. The molecule has 17 heavy (non-hydrogen) atoms. The molecule has 3 N–H and O–H groups in total. The SMILES string of the molecule is Nc1cc(F)c(N2CCC(CO)CC2)c(F)c1. The van der Waals surface area contributed by atoms with Crippen LogP contribution in [0.4, 0.5) is 20.2 Å². The highest BCUT2D eigenvalue weighted by Crippen LogP contribution is 2.29. The zero-order chi connectivity index (χ0) is 12.4. The summed E-state index contributed by atoms with van der Waals surface area (Å²) in [6.45, 7) is 1.26. The molecule has 0 atom stereocenters. The molecule has 0 saturated carbocycles. The summed E-state index contributed by atoms with van der Waals surface area (Å²) in [6, 6.07) is 2.27. The van der Waals surface area contributed by atoms with Crippen molar-refractivity contribution in [3.05, 3.63) is 23.8 Å². The third kappa shape index (κ3) is 2.49. The second-order valence-corrected chi connectivity index (χ2v) is 4.45. The summed E-state index contributed by atoms with van der Waals surface area (Å²) in [7, 11) is 0. The Balaban J connectivity index is 2.18. The summed E-state index contributed by atoms with van der Waals surface area (Å²) in [5.74, 6) is -0.999. The molecular formula is C12H16F2N2O. The number of nitrogen functional groups attached to an aromatic ring is 1. The van der Waals surface area contributed by atoms with E-state index in [-0.39, 0.29) is 23.9 Å². The van der Waals surface area contributed by atoms with E-state index in [1.165, 1.54) is 0 Å². The van der Waals surface area contributed by atoms with E-state index in [9.17, 15) is 8.78 Å². The molecule has 0 amide bonds. The molecule has 94 valence electrons. The molecule has 1 aliphatic rings. The first-order valence-electron chi connectivity index (χ1n) is 5.72. The molecule has 0 aliphatic carbocycles. The number of hydrogen-bond donors (Lipinski definition) is 2. The topological polar surface area (TPSA) is 49.5 Å². The van der Waals surface area contributed by atoms with Crippen molar-refractivity contribution in [2.75, 3.05) is 30.3 Å². The maximum Gasteiger partial charge on any atom is 0.151 e. The van der Waals surface area contributed by atoms with E-state index < -0.39 is 11.6 Å². The van der Waals surface area contributed by atoms with Crippen LogP contribution in [0.15, 0.2) is 12.1 Å². The lowest BCUT2D eigenvalue weighted by Gasteiger charge is -2.33. The van der Waals surface area contributed by atoms with Gasteiger partial charge in [0.25, 0.3) is 0 Å².